The van der Waals surface area contributed by atoms with Crippen molar-refractivity contribution in [1.82, 2.24) is 0 Å². The van der Waals surface area contributed by atoms with Crippen molar-refractivity contribution in [2.24, 2.45) is 0 Å². The van der Waals surface area contributed by atoms with E-state index in [9.17, 15) is 4.39 Å². The van der Waals surface area contributed by atoms with Crippen LogP contribution in [-0.2, 0) is 4.74 Å². The van der Waals surface area contributed by atoms with Crippen LogP contribution in [0.4, 0.5) is 10.1 Å². The maximum absolute atomic E-state index is 12.9. The SMILES string of the molecule is C[C@H]1OCC[C@@H]1Nc1cccc(F)c1. The molecule has 0 bridgehead atoms. The average molecular weight is 195 g/mol. The Morgan fingerprint density at radius 3 is 3.00 bits per heavy atom. The van der Waals surface area contributed by atoms with Crippen molar-refractivity contribution < 1.29 is 9.13 Å². The van der Waals surface area contributed by atoms with Crippen LogP contribution in [0.15, 0.2) is 24.3 Å². The number of hydrogen-bond acceptors (Lipinski definition) is 2. The molecule has 0 spiro atoms. The molecule has 0 radical (unpaired) electrons. The molecule has 1 aliphatic rings. The van der Waals surface area contributed by atoms with Gasteiger partial charge in [-0.3, -0.25) is 0 Å². The number of nitrogens with one attached hydrogen (secondary N) is 1. The molecule has 3 heteroatoms. The van der Waals surface area contributed by atoms with E-state index < -0.39 is 0 Å². The first-order valence-electron chi connectivity index (χ1n) is 4.89. The van der Waals surface area contributed by atoms with Crippen molar-refractivity contribution in [1.29, 1.82) is 0 Å². The van der Waals surface area contributed by atoms with Gasteiger partial charge < -0.3 is 10.1 Å². The maximum atomic E-state index is 12.9. The first-order chi connectivity index (χ1) is 6.75. The van der Waals surface area contributed by atoms with Crippen LogP contribution < -0.4 is 5.32 Å². The number of benzene rings is 1. The highest BCUT2D eigenvalue weighted by molar-refractivity contribution is 5.44. The van der Waals surface area contributed by atoms with Gasteiger partial charge >= 0.3 is 0 Å². The van der Waals surface area contributed by atoms with Gasteiger partial charge in [-0.1, -0.05) is 6.07 Å². The molecule has 0 unspecified atom stereocenters. The van der Waals surface area contributed by atoms with Gasteiger partial charge in [0, 0.05) is 12.3 Å². The predicted octanol–water partition coefficient (Wildman–Crippen LogP) is 2.42. The van der Waals surface area contributed by atoms with Crippen molar-refractivity contribution in [3.63, 3.8) is 0 Å². The van der Waals surface area contributed by atoms with Gasteiger partial charge in [-0.15, -0.1) is 0 Å². The highest BCUT2D eigenvalue weighted by atomic mass is 19.1. The molecule has 76 valence electrons. The third-order valence-corrected chi connectivity index (χ3v) is 2.55. The van der Waals surface area contributed by atoms with E-state index in [4.69, 9.17) is 4.74 Å². The van der Waals surface area contributed by atoms with Gasteiger partial charge in [0.1, 0.15) is 5.82 Å². The van der Waals surface area contributed by atoms with Gasteiger partial charge in [0.15, 0.2) is 0 Å². The number of anilines is 1. The van der Waals surface area contributed by atoms with E-state index in [-0.39, 0.29) is 11.9 Å². The largest absolute Gasteiger partial charge is 0.380 e. The molecule has 2 nitrogen and oxygen atoms in total. The smallest absolute Gasteiger partial charge is 0.125 e. The summed E-state index contributed by atoms with van der Waals surface area (Å²) >= 11 is 0. The fraction of sp³-hybridized carbons (Fsp3) is 0.455. The minimum absolute atomic E-state index is 0.207. The quantitative estimate of drug-likeness (QED) is 0.782. The van der Waals surface area contributed by atoms with Gasteiger partial charge in [0.05, 0.1) is 12.1 Å². The Kier molecular flexibility index (Phi) is 2.68. The van der Waals surface area contributed by atoms with Crippen LogP contribution in [0.5, 0.6) is 0 Å². The number of hydrogen-bond donors (Lipinski definition) is 1. The highest BCUT2D eigenvalue weighted by Crippen LogP contribution is 2.19. The first-order valence-corrected chi connectivity index (χ1v) is 4.89. The molecule has 2 atom stereocenters. The molecule has 0 aromatic heterocycles. The molecule has 0 amide bonds. The van der Waals surface area contributed by atoms with E-state index in [1.807, 2.05) is 13.0 Å². The minimum Gasteiger partial charge on any atom is -0.380 e. The van der Waals surface area contributed by atoms with Gasteiger partial charge in [0.25, 0.3) is 0 Å². The first kappa shape index (κ1) is 9.46. The molecule has 0 aliphatic carbocycles. The third kappa shape index (κ3) is 2.04. The Balaban J connectivity index is 2.03. The predicted molar refractivity (Wildman–Crippen MR) is 53.8 cm³/mol. The zero-order valence-electron chi connectivity index (χ0n) is 8.16. The van der Waals surface area contributed by atoms with Crippen LogP contribution in [0.2, 0.25) is 0 Å². The van der Waals surface area contributed by atoms with Crippen molar-refractivity contribution >= 4 is 5.69 Å². The zero-order chi connectivity index (χ0) is 9.97. The Labute approximate surface area is 83.1 Å². The fourth-order valence-electron chi connectivity index (χ4n) is 1.71. The van der Waals surface area contributed by atoms with Gasteiger partial charge in [-0.25, -0.2) is 4.39 Å². The highest BCUT2D eigenvalue weighted by Gasteiger charge is 2.23. The lowest BCUT2D eigenvalue weighted by Crippen LogP contribution is -2.26. The lowest BCUT2D eigenvalue weighted by molar-refractivity contribution is 0.121. The summed E-state index contributed by atoms with van der Waals surface area (Å²) in [6.45, 7) is 2.82. The Bertz CT molecular complexity index is 316. The van der Waals surface area contributed by atoms with E-state index in [0.29, 0.717) is 6.04 Å². The van der Waals surface area contributed by atoms with Crippen LogP contribution in [-0.4, -0.2) is 18.8 Å². The summed E-state index contributed by atoms with van der Waals surface area (Å²) in [5.41, 5.74) is 0.826. The second-order valence-corrected chi connectivity index (χ2v) is 3.63. The van der Waals surface area contributed by atoms with Crippen molar-refractivity contribution in [2.45, 2.75) is 25.5 Å². The second-order valence-electron chi connectivity index (χ2n) is 3.63. The molecule has 1 aromatic rings. The van der Waals surface area contributed by atoms with Crippen LogP contribution in [0.25, 0.3) is 0 Å². The van der Waals surface area contributed by atoms with Gasteiger partial charge in [-0.05, 0) is 31.5 Å². The summed E-state index contributed by atoms with van der Waals surface area (Å²) in [5.74, 6) is -0.207. The molecular weight excluding hydrogens is 181 g/mol. The van der Waals surface area contributed by atoms with Crippen LogP contribution in [0.3, 0.4) is 0 Å². The van der Waals surface area contributed by atoms with Crippen LogP contribution in [0.1, 0.15) is 13.3 Å². The molecule has 1 aliphatic heterocycles. The molecule has 2 rings (SSSR count). The summed E-state index contributed by atoms with van der Waals surface area (Å²) in [4.78, 5) is 0. The number of halogens is 1. The van der Waals surface area contributed by atoms with E-state index in [1.54, 1.807) is 6.07 Å². The lowest BCUT2D eigenvalue weighted by Gasteiger charge is -2.17. The van der Waals surface area contributed by atoms with Gasteiger partial charge in [0.2, 0.25) is 0 Å². The zero-order valence-corrected chi connectivity index (χ0v) is 8.16. The summed E-state index contributed by atoms with van der Waals surface area (Å²) in [7, 11) is 0. The minimum atomic E-state index is -0.207. The van der Waals surface area contributed by atoms with Crippen molar-refractivity contribution in [3.8, 4) is 0 Å². The maximum Gasteiger partial charge on any atom is 0.125 e. The summed E-state index contributed by atoms with van der Waals surface area (Å²) < 4.78 is 18.3. The van der Waals surface area contributed by atoms with E-state index in [2.05, 4.69) is 5.32 Å². The third-order valence-electron chi connectivity index (χ3n) is 2.55. The van der Waals surface area contributed by atoms with E-state index in [0.717, 1.165) is 18.7 Å². The Morgan fingerprint density at radius 1 is 1.50 bits per heavy atom. The monoisotopic (exact) mass is 195 g/mol. The van der Waals surface area contributed by atoms with Gasteiger partial charge in [-0.2, -0.15) is 0 Å². The molecule has 1 fully saturated rings. The van der Waals surface area contributed by atoms with E-state index in [1.165, 1.54) is 12.1 Å². The lowest BCUT2D eigenvalue weighted by atomic mass is 10.1. The fourth-order valence-corrected chi connectivity index (χ4v) is 1.71. The van der Waals surface area contributed by atoms with Crippen LogP contribution in [0, 0.1) is 5.82 Å². The number of ether oxygens (including phenoxy) is 1. The topological polar surface area (TPSA) is 21.3 Å². The Morgan fingerprint density at radius 2 is 2.36 bits per heavy atom. The van der Waals surface area contributed by atoms with Crippen molar-refractivity contribution in [2.75, 3.05) is 11.9 Å². The molecule has 1 saturated heterocycles. The summed E-state index contributed by atoms with van der Waals surface area (Å²) in [6.07, 6.45) is 1.19. The Hall–Kier alpha value is -1.09. The van der Waals surface area contributed by atoms with Crippen molar-refractivity contribution in [3.05, 3.63) is 30.1 Å². The van der Waals surface area contributed by atoms with Crippen LogP contribution >= 0.6 is 0 Å². The normalized spacial score (nSPS) is 26.4. The standard InChI is InChI=1S/C11H14FNO/c1-8-11(5-6-14-8)13-10-4-2-3-9(12)7-10/h2-4,7-8,11,13H,5-6H2,1H3/t8-,11+/m1/s1. The molecule has 1 heterocycles. The molecule has 14 heavy (non-hydrogen) atoms. The number of rotatable bonds is 2. The molecule has 1 N–H and O–H groups in total. The average Bonchev–Trinajstić information content (AvgIpc) is 2.52. The molecule has 1 aromatic carbocycles. The van der Waals surface area contributed by atoms with E-state index >= 15 is 0 Å². The summed E-state index contributed by atoms with van der Waals surface area (Å²) in [6, 6.07) is 6.83. The molecule has 0 saturated carbocycles. The summed E-state index contributed by atoms with van der Waals surface area (Å²) in [5, 5.41) is 3.27. The molecular formula is C11H14FNO. The second kappa shape index (κ2) is 3.96.